The van der Waals surface area contributed by atoms with Crippen LogP contribution in [-0.2, 0) is 16.4 Å². The lowest BCUT2D eigenvalue weighted by molar-refractivity contribution is 0.190. The van der Waals surface area contributed by atoms with E-state index in [0.717, 1.165) is 30.0 Å². The Labute approximate surface area is 191 Å². The molecule has 1 fully saturated rings. The SMILES string of the molecule is CCS(=O)(=O)c1ccc(OC)c(-c2ccc(CN3CCCCC[C@H]3c3ccccc3)[nH]2)c1. The molecule has 1 aliphatic rings. The lowest BCUT2D eigenvalue weighted by atomic mass is 10.0. The maximum Gasteiger partial charge on any atom is 0.178 e. The Kier molecular flexibility index (Phi) is 7.01. The highest BCUT2D eigenvalue weighted by Crippen LogP contribution is 2.34. The van der Waals surface area contributed by atoms with E-state index in [2.05, 4.69) is 46.3 Å². The van der Waals surface area contributed by atoms with Crippen molar-refractivity contribution in [2.45, 2.75) is 50.1 Å². The number of ether oxygens (including phenoxy) is 1. The quantitative estimate of drug-likeness (QED) is 0.507. The summed E-state index contributed by atoms with van der Waals surface area (Å²) >= 11 is 0. The lowest BCUT2D eigenvalue weighted by Crippen LogP contribution is -2.28. The van der Waals surface area contributed by atoms with Gasteiger partial charge in [-0.15, -0.1) is 0 Å². The highest BCUT2D eigenvalue weighted by atomic mass is 32.2. The predicted octanol–water partition coefficient (Wildman–Crippen LogP) is 5.60. The van der Waals surface area contributed by atoms with Gasteiger partial charge in [0, 0.05) is 29.5 Å². The third-order valence-corrected chi connectivity index (χ3v) is 8.10. The highest BCUT2D eigenvalue weighted by molar-refractivity contribution is 7.91. The summed E-state index contributed by atoms with van der Waals surface area (Å²) in [5.74, 6) is 0.732. The van der Waals surface area contributed by atoms with Crippen LogP contribution in [0.1, 0.15) is 49.9 Å². The molecule has 1 aliphatic heterocycles. The number of methoxy groups -OCH3 is 1. The van der Waals surface area contributed by atoms with Crippen molar-refractivity contribution in [1.29, 1.82) is 0 Å². The smallest absolute Gasteiger partial charge is 0.178 e. The Morgan fingerprint density at radius 2 is 1.84 bits per heavy atom. The first-order chi connectivity index (χ1) is 15.5. The van der Waals surface area contributed by atoms with Gasteiger partial charge in [-0.1, -0.05) is 50.1 Å². The van der Waals surface area contributed by atoms with Crippen molar-refractivity contribution in [2.75, 3.05) is 19.4 Å². The van der Waals surface area contributed by atoms with E-state index in [0.29, 0.717) is 16.7 Å². The number of benzene rings is 2. The standard InChI is InChI=1S/C26H32N2O3S/c1-3-32(29,30)22-14-16-26(31-2)23(18-22)24-15-13-21(27-24)19-28-17-9-5-8-12-25(28)20-10-6-4-7-11-20/h4,6-7,10-11,13-16,18,25,27H,3,5,8-9,12,17,19H2,1-2H3/t25-/m0/s1. The van der Waals surface area contributed by atoms with E-state index in [4.69, 9.17) is 4.74 Å². The molecule has 0 spiro atoms. The van der Waals surface area contributed by atoms with Gasteiger partial charge >= 0.3 is 0 Å². The normalized spacial score (nSPS) is 17.8. The topological polar surface area (TPSA) is 62.4 Å². The Balaban J connectivity index is 1.62. The van der Waals surface area contributed by atoms with Crippen molar-refractivity contribution >= 4 is 9.84 Å². The number of likely N-dealkylation sites (tertiary alicyclic amines) is 1. The van der Waals surface area contributed by atoms with E-state index < -0.39 is 9.84 Å². The van der Waals surface area contributed by atoms with Crippen LogP contribution in [0.2, 0.25) is 0 Å². The molecule has 0 unspecified atom stereocenters. The summed E-state index contributed by atoms with van der Waals surface area (Å²) in [6.07, 6.45) is 4.90. The Morgan fingerprint density at radius 3 is 2.59 bits per heavy atom. The zero-order valence-corrected chi connectivity index (χ0v) is 19.7. The third-order valence-electron chi connectivity index (χ3n) is 6.37. The number of aromatic amines is 1. The molecule has 170 valence electrons. The number of sulfone groups is 1. The van der Waals surface area contributed by atoms with Gasteiger partial charge in [-0.2, -0.15) is 0 Å². The summed E-state index contributed by atoms with van der Waals surface area (Å²) in [4.78, 5) is 6.41. The number of rotatable bonds is 7. The number of nitrogens with zero attached hydrogens (tertiary/aromatic N) is 1. The van der Waals surface area contributed by atoms with Gasteiger partial charge in [-0.25, -0.2) is 8.42 Å². The fourth-order valence-electron chi connectivity index (χ4n) is 4.58. The van der Waals surface area contributed by atoms with E-state index in [-0.39, 0.29) is 5.75 Å². The largest absolute Gasteiger partial charge is 0.496 e. The second kappa shape index (κ2) is 9.92. The summed E-state index contributed by atoms with van der Waals surface area (Å²) in [5, 5.41) is 0. The minimum atomic E-state index is -3.29. The zero-order chi connectivity index (χ0) is 22.6. The van der Waals surface area contributed by atoms with E-state index in [9.17, 15) is 8.42 Å². The van der Waals surface area contributed by atoms with Crippen LogP contribution in [0.4, 0.5) is 0 Å². The van der Waals surface area contributed by atoms with Gasteiger partial charge in [0.15, 0.2) is 9.84 Å². The zero-order valence-electron chi connectivity index (χ0n) is 18.9. The molecule has 0 saturated carbocycles. The number of hydrogen-bond acceptors (Lipinski definition) is 4. The van der Waals surface area contributed by atoms with Crippen molar-refractivity contribution in [3.63, 3.8) is 0 Å². The molecular formula is C26H32N2O3S. The maximum absolute atomic E-state index is 12.4. The first-order valence-corrected chi connectivity index (χ1v) is 13.0. The molecule has 1 saturated heterocycles. The van der Waals surface area contributed by atoms with E-state index in [1.165, 1.54) is 31.2 Å². The molecule has 0 amide bonds. The molecule has 32 heavy (non-hydrogen) atoms. The molecule has 0 bridgehead atoms. The first kappa shape index (κ1) is 22.6. The molecule has 0 aliphatic carbocycles. The molecule has 0 radical (unpaired) electrons. The van der Waals surface area contributed by atoms with Crippen molar-refractivity contribution in [2.24, 2.45) is 0 Å². The summed E-state index contributed by atoms with van der Waals surface area (Å²) in [5.41, 5.74) is 4.13. The van der Waals surface area contributed by atoms with Crippen LogP contribution in [0.15, 0.2) is 65.6 Å². The van der Waals surface area contributed by atoms with Gasteiger partial charge in [0.05, 0.1) is 17.8 Å². The average Bonchev–Trinajstić information content (AvgIpc) is 3.16. The summed E-state index contributed by atoms with van der Waals surface area (Å²) < 4.78 is 30.3. The van der Waals surface area contributed by atoms with E-state index >= 15 is 0 Å². The number of H-pyrrole nitrogens is 1. The maximum atomic E-state index is 12.4. The van der Waals surface area contributed by atoms with Crippen molar-refractivity contribution in [3.8, 4) is 17.0 Å². The monoisotopic (exact) mass is 452 g/mol. The predicted molar refractivity (Wildman–Crippen MR) is 129 cm³/mol. The molecule has 1 atom stereocenters. The minimum Gasteiger partial charge on any atom is -0.496 e. The van der Waals surface area contributed by atoms with Crippen LogP contribution < -0.4 is 4.74 Å². The van der Waals surface area contributed by atoms with Crippen LogP contribution in [0.5, 0.6) is 5.75 Å². The second-order valence-electron chi connectivity index (χ2n) is 8.41. The van der Waals surface area contributed by atoms with E-state index in [1.807, 2.05) is 6.07 Å². The molecule has 2 aromatic carbocycles. The number of aromatic nitrogens is 1. The Hall–Kier alpha value is -2.57. The van der Waals surface area contributed by atoms with Gasteiger partial charge in [0.2, 0.25) is 0 Å². The molecule has 5 nitrogen and oxygen atoms in total. The molecule has 2 heterocycles. The van der Waals surface area contributed by atoms with E-state index in [1.54, 1.807) is 32.2 Å². The first-order valence-electron chi connectivity index (χ1n) is 11.4. The van der Waals surface area contributed by atoms with Gasteiger partial charge in [0.25, 0.3) is 0 Å². The fraction of sp³-hybridized carbons (Fsp3) is 0.385. The molecule has 4 rings (SSSR count). The van der Waals surface area contributed by atoms with Crippen LogP contribution >= 0.6 is 0 Å². The summed E-state index contributed by atoms with van der Waals surface area (Å²) in [6.45, 7) is 3.56. The Morgan fingerprint density at radius 1 is 1.03 bits per heavy atom. The summed E-state index contributed by atoms with van der Waals surface area (Å²) in [6, 6.07) is 20.4. The third kappa shape index (κ3) is 4.92. The lowest BCUT2D eigenvalue weighted by Gasteiger charge is -2.30. The van der Waals surface area contributed by atoms with Gasteiger partial charge in [-0.3, -0.25) is 4.90 Å². The fourth-order valence-corrected chi connectivity index (χ4v) is 5.48. The summed E-state index contributed by atoms with van der Waals surface area (Å²) in [7, 11) is -1.68. The van der Waals surface area contributed by atoms with Crippen molar-refractivity contribution < 1.29 is 13.2 Å². The van der Waals surface area contributed by atoms with Crippen LogP contribution in [0.25, 0.3) is 11.3 Å². The average molecular weight is 453 g/mol. The van der Waals surface area contributed by atoms with Gasteiger partial charge in [-0.05, 0) is 55.3 Å². The molecule has 1 N–H and O–H groups in total. The van der Waals surface area contributed by atoms with Gasteiger partial charge in [0.1, 0.15) is 5.75 Å². The molecule has 1 aromatic heterocycles. The molecule has 6 heteroatoms. The second-order valence-corrected chi connectivity index (χ2v) is 10.7. The van der Waals surface area contributed by atoms with Crippen molar-refractivity contribution in [3.05, 3.63) is 71.9 Å². The van der Waals surface area contributed by atoms with Crippen LogP contribution in [-0.4, -0.2) is 37.7 Å². The van der Waals surface area contributed by atoms with Crippen LogP contribution in [0.3, 0.4) is 0 Å². The number of nitrogens with one attached hydrogen (secondary N) is 1. The van der Waals surface area contributed by atoms with Crippen molar-refractivity contribution in [1.82, 2.24) is 9.88 Å². The Bertz CT molecular complexity index is 1140. The molecule has 3 aromatic rings. The number of hydrogen-bond donors (Lipinski definition) is 1. The van der Waals surface area contributed by atoms with Gasteiger partial charge < -0.3 is 9.72 Å². The highest BCUT2D eigenvalue weighted by Gasteiger charge is 2.23. The minimum absolute atomic E-state index is 0.0740. The van der Waals surface area contributed by atoms with Crippen LogP contribution in [0, 0.1) is 0 Å². The molecular weight excluding hydrogens is 420 g/mol.